The summed E-state index contributed by atoms with van der Waals surface area (Å²) < 4.78 is 6.26. The molecule has 118 valence electrons. The van der Waals surface area contributed by atoms with Gasteiger partial charge in [-0.3, -0.25) is 4.79 Å². The van der Waals surface area contributed by atoms with Crippen molar-refractivity contribution in [2.24, 2.45) is 0 Å². The van der Waals surface area contributed by atoms with Crippen LogP contribution in [0.2, 0.25) is 0 Å². The van der Waals surface area contributed by atoms with Gasteiger partial charge in [0.2, 0.25) is 5.91 Å². The van der Waals surface area contributed by atoms with Gasteiger partial charge in [0.05, 0.1) is 23.7 Å². The average Bonchev–Trinajstić information content (AvgIpc) is 2.94. The standard InChI is InChI=1S/C18H18N2O2S/c1-11-7-8-15-17(12(11)2)20-18(23-15)19-16(21)10-13-5-4-6-14(9-13)22-3/h4-9H,10H2,1-3H3,(H,19,20,21). The zero-order chi connectivity index (χ0) is 16.4. The van der Waals surface area contributed by atoms with Crippen LogP contribution in [0.25, 0.3) is 10.2 Å². The van der Waals surface area contributed by atoms with Gasteiger partial charge in [-0.25, -0.2) is 4.98 Å². The van der Waals surface area contributed by atoms with Crippen molar-refractivity contribution in [3.8, 4) is 5.75 Å². The molecule has 0 saturated heterocycles. The highest BCUT2D eigenvalue weighted by Crippen LogP contribution is 2.29. The zero-order valence-corrected chi connectivity index (χ0v) is 14.2. The SMILES string of the molecule is COc1cccc(CC(=O)Nc2nc3c(C)c(C)ccc3s2)c1. The Bertz CT molecular complexity index is 871. The highest BCUT2D eigenvalue weighted by atomic mass is 32.1. The molecule has 0 unspecified atom stereocenters. The molecule has 0 aliphatic rings. The van der Waals surface area contributed by atoms with E-state index in [2.05, 4.69) is 30.2 Å². The number of carbonyl (C=O) groups excluding carboxylic acids is 1. The van der Waals surface area contributed by atoms with Gasteiger partial charge in [-0.1, -0.05) is 29.5 Å². The van der Waals surface area contributed by atoms with Crippen molar-refractivity contribution in [3.05, 3.63) is 53.1 Å². The van der Waals surface area contributed by atoms with Gasteiger partial charge in [0.25, 0.3) is 0 Å². The fourth-order valence-corrected chi connectivity index (χ4v) is 3.35. The number of anilines is 1. The molecule has 1 N–H and O–H groups in total. The smallest absolute Gasteiger partial charge is 0.230 e. The van der Waals surface area contributed by atoms with Gasteiger partial charge < -0.3 is 10.1 Å². The zero-order valence-electron chi connectivity index (χ0n) is 13.3. The van der Waals surface area contributed by atoms with Gasteiger partial charge in [0, 0.05) is 0 Å². The first-order chi connectivity index (χ1) is 11.1. The molecule has 0 radical (unpaired) electrons. The number of rotatable bonds is 4. The van der Waals surface area contributed by atoms with E-state index in [1.807, 2.05) is 30.3 Å². The first kappa shape index (κ1) is 15.5. The Morgan fingerprint density at radius 2 is 2.09 bits per heavy atom. The van der Waals surface area contributed by atoms with Gasteiger partial charge in [-0.05, 0) is 48.7 Å². The number of benzene rings is 2. The molecular formula is C18H18N2O2S. The van der Waals surface area contributed by atoms with E-state index >= 15 is 0 Å². The maximum absolute atomic E-state index is 12.2. The van der Waals surface area contributed by atoms with Crippen LogP contribution in [0.1, 0.15) is 16.7 Å². The van der Waals surface area contributed by atoms with E-state index in [0.29, 0.717) is 11.6 Å². The monoisotopic (exact) mass is 326 g/mol. The molecule has 23 heavy (non-hydrogen) atoms. The quantitative estimate of drug-likeness (QED) is 0.785. The molecule has 0 bridgehead atoms. The van der Waals surface area contributed by atoms with Crippen LogP contribution in [0.3, 0.4) is 0 Å². The number of ether oxygens (including phenoxy) is 1. The number of fused-ring (bicyclic) bond motifs is 1. The number of nitrogens with one attached hydrogen (secondary N) is 1. The van der Waals surface area contributed by atoms with E-state index < -0.39 is 0 Å². The van der Waals surface area contributed by atoms with Crippen molar-refractivity contribution in [2.45, 2.75) is 20.3 Å². The summed E-state index contributed by atoms with van der Waals surface area (Å²) in [5.74, 6) is 0.674. The van der Waals surface area contributed by atoms with Crippen LogP contribution < -0.4 is 10.1 Å². The lowest BCUT2D eigenvalue weighted by Gasteiger charge is -2.04. The highest BCUT2D eigenvalue weighted by Gasteiger charge is 2.11. The molecule has 0 atom stereocenters. The average molecular weight is 326 g/mol. The van der Waals surface area contributed by atoms with Crippen molar-refractivity contribution in [2.75, 3.05) is 12.4 Å². The summed E-state index contributed by atoms with van der Waals surface area (Å²) in [7, 11) is 1.62. The summed E-state index contributed by atoms with van der Waals surface area (Å²) in [4.78, 5) is 16.8. The summed E-state index contributed by atoms with van der Waals surface area (Å²) in [6.45, 7) is 4.12. The predicted molar refractivity (Wildman–Crippen MR) is 94.4 cm³/mol. The Morgan fingerprint density at radius 1 is 1.26 bits per heavy atom. The predicted octanol–water partition coefficient (Wildman–Crippen LogP) is 4.10. The van der Waals surface area contributed by atoms with Gasteiger partial charge >= 0.3 is 0 Å². The third-order valence-corrected chi connectivity index (χ3v) is 4.77. The van der Waals surface area contributed by atoms with E-state index in [9.17, 15) is 4.79 Å². The van der Waals surface area contributed by atoms with Crippen LogP contribution in [0, 0.1) is 13.8 Å². The summed E-state index contributed by atoms with van der Waals surface area (Å²) in [5, 5.41) is 3.53. The van der Waals surface area contributed by atoms with Gasteiger partial charge in [0.15, 0.2) is 5.13 Å². The third kappa shape index (κ3) is 3.35. The van der Waals surface area contributed by atoms with Crippen molar-refractivity contribution >= 4 is 32.6 Å². The maximum atomic E-state index is 12.2. The molecule has 0 saturated carbocycles. The largest absolute Gasteiger partial charge is 0.497 e. The Morgan fingerprint density at radius 3 is 2.87 bits per heavy atom. The second-order valence-electron chi connectivity index (χ2n) is 5.45. The number of aromatic nitrogens is 1. The molecule has 3 rings (SSSR count). The second kappa shape index (κ2) is 6.38. The minimum Gasteiger partial charge on any atom is -0.497 e. The highest BCUT2D eigenvalue weighted by molar-refractivity contribution is 7.22. The molecule has 0 spiro atoms. The summed E-state index contributed by atoms with van der Waals surface area (Å²) >= 11 is 1.50. The van der Waals surface area contributed by atoms with Gasteiger partial charge in [-0.2, -0.15) is 0 Å². The number of thiazole rings is 1. The number of methoxy groups -OCH3 is 1. The Kier molecular flexibility index (Phi) is 4.30. The number of hydrogen-bond donors (Lipinski definition) is 1. The molecule has 1 amide bonds. The summed E-state index contributed by atoms with van der Waals surface area (Å²) in [6.07, 6.45) is 0.297. The van der Waals surface area contributed by atoms with Crippen LogP contribution in [-0.2, 0) is 11.2 Å². The number of aryl methyl sites for hydroxylation is 2. The van der Waals surface area contributed by atoms with Crippen LogP contribution in [0.5, 0.6) is 5.75 Å². The number of amides is 1. The topological polar surface area (TPSA) is 51.2 Å². The first-order valence-electron chi connectivity index (χ1n) is 7.36. The maximum Gasteiger partial charge on any atom is 0.230 e. The molecule has 1 aromatic heterocycles. The Hall–Kier alpha value is -2.40. The van der Waals surface area contributed by atoms with Crippen molar-refractivity contribution in [1.29, 1.82) is 0 Å². The normalized spacial score (nSPS) is 10.7. The third-order valence-electron chi connectivity index (χ3n) is 3.83. The van der Waals surface area contributed by atoms with E-state index in [-0.39, 0.29) is 5.91 Å². The molecule has 1 heterocycles. The lowest BCUT2D eigenvalue weighted by atomic mass is 10.1. The lowest BCUT2D eigenvalue weighted by molar-refractivity contribution is -0.115. The van der Waals surface area contributed by atoms with E-state index in [1.54, 1.807) is 7.11 Å². The van der Waals surface area contributed by atoms with Crippen LogP contribution in [-0.4, -0.2) is 18.0 Å². The van der Waals surface area contributed by atoms with Crippen molar-refractivity contribution in [1.82, 2.24) is 4.98 Å². The number of nitrogens with zero attached hydrogens (tertiary/aromatic N) is 1. The summed E-state index contributed by atoms with van der Waals surface area (Å²) in [6, 6.07) is 11.6. The number of hydrogen-bond acceptors (Lipinski definition) is 4. The molecule has 0 aliphatic heterocycles. The van der Waals surface area contributed by atoms with Gasteiger partial charge in [-0.15, -0.1) is 0 Å². The summed E-state index contributed by atoms with van der Waals surface area (Å²) in [5.41, 5.74) is 4.24. The van der Waals surface area contributed by atoms with Crippen LogP contribution in [0.4, 0.5) is 5.13 Å². The number of carbonyl (C=O) groups is 1. The molecule has 2 aromatic carbocycles. The Labute approximate surface area is 139 Å². The minimum absolute atomic E-state index is 0.0771. The van der Waals surface area contributed by atoms with E-state index in [4.69, 9.17) is 4.74 Å². The Balaban J connectivity index is 1.76. The molecule has 4 nitrogen and oxygen atoms in total. The molecule has 3 aromatic rings. The lowest BCUT2D eigenvalue weighted by Crippen LogP contribution is -2.14. The minimum atomic E-state index is -0.0771. The van der Waals surface area contributed by atoms with Crippen molar-refractivity contribution in [3.63, 3.8) is 0 Å². The van der Waals surface area contributed by atoms with Gasteiger partial charge in [0.1, 0.15) is 5.75 Å². The van der Waals surface area contributed by atoms with Crippen LogP contribution in [0.15, 0.2) is 36.4 Å². The molecule has 0 aliphatic carbocycles. The second-order valence-corrected chi connectivity index (χ2v) is 6.48. The fraction of sp³-hybridized carbons (Fsp3) is 0.222. The molecular weight excluding hydrogens is 308 g/mol. The van der Waals surface area contributed by atoms with E-state index in [1.165, 1.54) is 16.9 Å². The van der Waals surface area contributed by atoms with E-state index in [0.717, 1.165) is 27.1 Å². The fourth-order valence-electron chi connectivity index (χ4n) is 2.41. The first-order valence-corrected chi connectivity index (χ1v) is 8.18. The van der Waals surface area contributed by atoms with Crippen molar-refractivity contribution < 1.29 is 9.53 Å². The van der Waals surface area contributed by atoms with Crippen LogP contribution >= 0.6 is 11.3 Å². The molecule has 5 heteroatoms. The molecule has 0 fully saturated rings.